The Balaban J connectivity index is 2.00. The maximum Gasteiger partial charge on any atom is 0.355 e. The molecule has 2 N–H and O–H groups in total. The van der Waals surface area contributed by atoms with Gasteiger partial charge in [0.05, 0.1) is 0 Å². The van der Waals surface area contributed by atoms with E-state index in [2.05, 4.69) is 10.3 Å². The van der Waals surface area contributed by atoms with Crippen molar-refractivity contribution in [1.29, 1.82) is 0 Å². The van der Waals surface area contributed by atoms with Crippen molar-refractivity contribution in [2.45, 2.75) is 20.0 Å². The molecule has 0 fully saturated rings. The zero-order chi connectivity index (χ0) is 15.4. The SMILES string of the molecule is Cc1c(Cl)cccc1NC(=O)[C@@H](C)OC(=O)c1ccc[nH]1. The number of rotatable bonds is 4. The standard InChI is InChI=1S/C15H15ClN2O3/c1-9-11(16)5-3-6-12(9)18-14(19)10(2)21-15(20)13-7-4-8-17-13/h3-8,10,17H,1-2H3,(H,18,19)/t10-/m1/s1. The number of esters is 1. The molecule has 0 bridgehead atoms. The van der Waals surface area contributed by atoms with Crippen molar-refractivity contribution in [1.82, 2.24) is 4.98 Å². The third kappa shape index (κ3) is 3.64. The molecule has 2 rings (SSSR count). The van der Waals surface area contributed by atoms with Gasteiger partial charge in [0.15, 0.2) is 6.10 Å². The second-order valence-electron chi connectivity index (χ2n) is 4.53. The lowest BCUT2D eigenvalue weighted by Gasteiger charge is -2.14. The summed E-state index contributed by atoms with van der Waals surface area (Å²) < 4.78 is 5.08. The van der Waals surface area contributed by atoms with Gasteiger partial charge in [-0.1, -0.05) is 17.7 Å². The highest BCUT2D eigenvalue weighted by Gasteiger charge is 2.20. The highest BCUT2D eigenvalue weighted by Crippen LogP contribution is 2.23. The van der Waals surface area contributed by atoms with Crippen LogP contribution in [0.5, 0.6) is 0 Å². The Bertz CT molecular complexity index is 653. The van der Waals surface area contributed by atoms with Crippen molar-refractivity contribution in [2.24, 2.45) is 0 Å². The van der Waals surface area contributed by atoms with E-state index in [0.29, 0.717) is 16.4 Å². The van der Waals surface area contributed by atoms with Gasteiger partial charge >= 0.3 is 5.97 Å². The first kappa shape index (κ1) is 15.1. The van der Waals surface area contributed by atoms with Gasteiger partial charge in [0.25, 0.3) is 5.91 Å². The summed E-state index contributed by atoms with van der Waals surface area (Å²) in [5.74, 6) is -0.995. The molecule has 110 valence electrons. The van der Waals surface area contributed by atoms with Crippen LogP contribution in [0.2, 0.25) is 5.02 Å². The maximum absolute atomic E-state index is 12.0. The van der Waals surface area contributed by atoms with Crippen molar-refractivity contribution in [3.63, 3.8) is 0 Å². The number of amides is 1. The highest BCUT2D eigenvalue weighted by molar-refractivity contribution is 6.31. The Morgan fingerprint density at radius 2 is 2.05 bits per heavy atom. The van der Waals surface area contributed by atoms with Crippen LogP contribution >= 0.6 is 11.6 Å². The van der Waals surface area contributed by atoms with Crippen molar-refractivity contribution in [3.8, 4) is 0 Å². The summed E-state index contributed by atoms with van der Waals surface area (Å²) in [5.41, 5.74) is 1.65. The molecular formula is C15H15ClN2O3. The first-order valence-corrected chi connectivity index (χ1v) is 6.77. The molecular weight excluding hydrogens is 292 g/mol. The second kappa shape index (κ2) is 6.45. The predicted molar refractivity (Wildman–Crippen MR) is 80.5 cm³/mol. The number of aromatic nitrogens is 1. The van der Waals surface area contributed by atoms with Crippen LogP contribution in [-0.4, -0.2) is 23.0 Å². The van der Waals surface area contributed by atoms with E-state index < -0.39 is 18.0 Å². The number of halogens is 1. The average molecular weight is 307 g/mol. The summed E-state index contributed by atoms with van der Waals surface area (Å²) >= 11 is 5.99. The quantitative estimate of drug-likeness (QED) is 0.852. The van der Waals surface area contributed by atoms with Gasteiger partial charge in [-0.3, -0.25) is 4.79 Å². The Morgan fingerprint density at radius 1 is 1.29 bits per heavy atom. The van der Waals surface area contributed by atoms with Crippen LogP contribution < -0.4 is 5.32 Å². The Kier molecular flexibility index (Phi) is 4.65. The van der Waals surface area contributed by atoms with Crippen molar-refractivity contribution in [3.05, 3.63) is 52.8 Å². The molecule has 0 radical (unpaired) electrons. The molecule has 0 aliphatic heterocycles. The second-order valence-corrected chi connectivity index (χ2v) is 4.94. The zero-order valence-corrected chi connectivity index (χ0v) is 12.4. The van der Waals surface area contributed by atoms with E-state index in [9.17, 15) is 9.59 Å². The number of benzene rings is 1. The molecule has 0 unspecified atom stereocenters. The van der Waals surface area contributed by atoms with Crippen LogP contribution in [0.4, 0.5) is 5.69 Å². The highest BCUT2D eigenvalue weighted by atomic mass is 35.5. The molecule has 21 heavy (non-hydrogen) atoms. The van der Waals surface area contributed by atoms with Crippen LogP contribution in [0.1, 0.15) is 23.0 Å². The van der Waals surface area contributed by atoms with E-state index in [1.54, 1.807) is 43.5 Å². The summed E-state index contributed by atoms with van der Waals surface area (Å²) in [6.45, 7) is 3.31. The monoisotopic (exact) mass is 306 g/mol. The van der Waals surface area contributed by atoms with Gasteiger partial charge in [-0.2, -0.15) is 0 Å². The first-order chi connectivity index (χ1) is 9.99. The summed E-state index contributed by atoms with van der Waals surface area (Å²) in [4.78, 5) is 26.5. The number of nitrogens with one attached hydrogen (secondary N) is 2. The van der Waals surface area contributed by atoms with Gasteiger partial charge in [0.1, 0.15) is 5.69 Å². The molecule has 1 aromatic heterocycles. The third-order valence-corrected chi connectivity index (χ3v) is 3.41. The summed E-state index contributed by atoms with van der Waals surface area (Å²) in [5, 5.41) is 3.25. The molecule has 1 aromatic carbocycles. The van der Waals surface area contributed by atoms with Crippen molar-refractivity contribution < 1.29 is 14.3 Å². The third-order valence-electron chi connectivity index (χ3n) is 3.00. The Hall–Kier alpha value is -2.27. The minimum absolute atomic E-state index is 0.300. The van der Waals surface area contributed by atoms with Gasteiger partial charge in [-0.15, -0.1) is 0 Å². The normalized spacial score (nSPS) is 11.8. The smallest absolute Gasteiger partial charge is 0.355 e. The Morgan fingerprint density at radius 3 is 2.71 bits per heavy atom. The van der Waals surface area contributed by atoms with Crippen molar-refractivity contribution in [2.75, 3.05) is 5.32 Å². The maximum atomic E-state index is 12.0. The molecule has 0 saturated heterocycles. The number of hydrogen-bond acceptors (Lipinski definition) is 3. The molecule has 6 heteroatoms. The molecule has 1 amide bonds. The summed E-state index contributed by atoms with van der Waals surface area (Å²) in [7, 11) is 0. The summed E-state index contributed by atoms with van der Waals surface area (Å²) in [6, 6.07) is 8.46. The van der Waals surface area contributed by atoms with E-state index in [1.807, 2.05) is 0 Å². The van der Waals surface area contributed by atoms with Crippen LogP contribution in [0, 0.1) is 6.92 Å². The molecule has 1 atom stereocenters. The van der Waals surface area contributed by atoms with E-state index in [0.717, 1.165) is 5.56 Å². The average Bonchev–Trinajstić information content (AvgIpc) is 2.98. The minimum atomic E-state index is -0.917. The van der Waals surface area contributed by atoms with Gasteiger partial charge in [-0.25, -0.2) is 4.79 Å². The fourth-order valence-electron chi connectivity index (χ4n) is 1.71. The molecule has 2 aromatic rings. The van der Waals surface area contributed by atoms with Crippen LogP contribution in [0.3, 0.4) is 0 Å². The number of ether oxygens (including phenoxy) is 1. The largest absolute Gasteiger partial charge is 0.448 e. The number of carbonyl (C=O) groups excluding carboxylic acids is 2. The predicted octanol–water partition coefficient (Wildman–Crippen LogP) is 3.16. The topological polar surface area (TPSA) is 71.2 Å². The molecule has 5 nitrogen and oxygen atoms in total. The van der Waals surface area contributed by atoms with E-state index in [-0.39, 0.29) is 0 Å². The first-order valence-electron chi connectivity index (χ1n) is 6.39. The molecule has 1 heterocycles. The van der Waals surface area contributed by atoms with Gasteiger partial charge in [0, 0.05) is 16.9 Å². The number of H-pyrrole nitrogens is 1. The number of anilines is 1. The van der Waals surface area contributed by atoms with Crippen molar-refractivity contribution >= 4 is 29.2 Å². The molecule has 0 aliphatic rings. The minimum Gasteiger partial charge on any atom is -0.448 e. The van der Waals surface area contributed by atoms with Gasteiger partial charge < -0.3 is 15.0 Å². The number of aromatic amines is 1. The lowest BCUT2D eigenvalue weighted by molar-refractivity contribution is -0.123. The lowest BCUT2D eigenvalue weighted by atomic mass is 10.2. The number of carbonyl (C=O) groups is 2. The molecule has 0 aliphatic carbocycles. The molecule has 0 saturated carbocycles. The van der Waals surface area contributed by atoms with Gasteiger partial charge in [0.2, 0.25) is 0 Å². The van der Waals surface area contributed by atoms with Gasteiger partial charge in [-0.05, 0) is 43.7 Å². The van der Waals surface area contributed by atoms with Crippen LogP contribution in [0.25, 0.3) is 0 Å². The number of hydrogen-bond donors (Lipinski definition) is 2. The van der Waals surface area contributed by atoms with E-state index in [1.165, 1.54) is 6.92 Å². The fraction of sp³-hybridized carbons (Fsp3) is 0.200. The van der Waals surface area contributed by atoms with Crippen LogP contribution in [-0.2, 0) is 9.53 Å². The fourth-order valence-corrected chi connectivity index (χ4v) is 1.89. The molecule has 0 spiro atoms. The Labute approximate surface area is 127 Å². The zero-order valence-electron chi connectivity index (χ0n) is 11.6. The lowest BCUT2D eigenvalue weighted by Crippen LogP contribution is -2.30. The van der Waals surface area contributed by atoms with E-state index >= 15 is 0 Å². The van der Waals surface area contributed by atoms with E-state index in [4.69, 9.17) is 16.3 Å². The van der Waals surface area contributed by atoms with Crippen LogP contribution in [0.15, 0.2) is 36.5 Å². The summed E-state index contributed by atoms with van der Waals surface area (Å²) in [6.07, 6.45) is 0.690.